The molecule has 0 fully saturated rings. The second-order valence-electron chi connectivity index (χ2n) is 5.40. The van der Waals surface area contributed by atoms with Crippen LogP contribution in [0.15, 0.2) is 36.5 Å². The van der Waals surface area contributed by atoms with Crippen molar-refractivity contribution < 1.29 is 14.3 Å². The minimum Gasteiger partial charge on any atom is -0.497 e. The van der Waals surface area contributed by atoms with Crippen molar-refractivity contribution in [3.05, 3.63) is 36.5 Å². The van der Waals surface area contributed by atoms with E-state index in [9.17, 15) is 9.59 Å². The van der Waals surface area contributed by atoms with Crippen molar-refractivity contribution in [2.45, 2.75) is 32.6 Å². The molecule has 6 heteroatoms. The minimum absolute atomic E-state index is 0.0342. The molecule has 0 atom stereocenters. The molecule has 1 rings (SSSR count). The molecule has 0 aliphatic heterocycles. The molecular weight excluding hydrogens is 324 g/mol. The van der Waals surface area contributed by atoms with E-state index in [0.717, 1.165) is 54.6 Å². The Bertz CT molecular complexity index is 544. The summed E-state index contributed by atoms with van der Waals surface area (Å²) in [6, 6.07) is 7.72. The predicted molar refractivity (Wildman–Crippen MR) is 100 cm³/mol. The Balaban J connectivity index is 2.06. The highest BCUT2D eigenvalue weighted by Crippen LogP contribution is 2.17. The number of methoxy groups -OCH3 is 1. The number of nitrogens with one attached hydrogen (secondary N) is 2. The van der Waals surface area contributed by atoms with Crippen LogP contribution in [0.1, 0.15) is 32.6 Å². The molecule has 5 nitrogen and oxygen atoms in total. The van der Waals surface area contributed by atoms with Crippen LogP contribution in [0.3, 0.4) is 0 Å². The van der Waals surface area contributed by atoms with E-state index in [1.54, 1.807) is 7.11 Å². The Morgan fingerprint density at radius 2 is 1.88 bits per heavy atom. The molecule has 0 saturated heterocycles. The number of amides is 1. The molecule has 132 valence electrons. The zero-order valence-corrected chi connectivity index (χ0v) is 15.2. The number of unbranched alkanes of at least 4 members (excludes halogenated alkanes) is 2. The molecule has 0 saturated carbocycles. The normalized spacial score (nSPS) is 10.1. The molecule has 0 bridgehead atoms. The second kappa shape index (κ2) is 11.6. The average molecular weight is 350 g/mol. The molecule has 0 radical (unpaired) electrons. The van der Waals surface area contributed by atoms with Crippen molar-refractivity contribution in [2.75, 3.05) is 24.7 Å². The van der Waals surface area contributed by atoms with Crippen molar-refractivity contribution in [3.63, 3.8) is 0 Å². The number of carbonyl (C=O) groups excluding carboxylic acids is 2. The van der Waals surface area contributed by atoms with E-state index in [2.05, 4.69) is 17.2 Å². The Morgan fingerprint density at radius 1 is 1.17 bits per heavy atom. The lowest BCUT2D eigenvalue weighted by molar-refractivity contribution is -0.118. The van der Waals surface area contributed by atoms with Crippen molar-refractivity contribution in [3.8, 4) is 5.75 Å². The number of carbonyl (C=O) groups is 2. The summed E-state index contributed by atoms with van der Waals surface area (Å²) < 4.78 is 5.12. The first-order valence-electron chi connectivity index (χ1n) is 8.00. The van der Waals surface area contributed by atoms with Gasteiger partial charge in [-0.25, -0.2) is 0 Å². The molecule has 1 aromatic rings. The fraction of sp³-hybridized carbons (Fsp3) is 0.444. The lowest BCUT2D eigenvalue weighted by Gasteiger charge is -2.10. The zero-order valence-electron chi connectivity index (χ0n) is 14.4. The Morgan fingerprint density at radius 3 is 2.50 bits per heavy atom. The van der Waals surface area contributed by atoms with Gasteiger partial charge in [0, 0.05) is 24.9 Å². The maximum Gasteiger partial charge on any atom is 0.230 e. The number of thioether (sulfide) groups is 1. The van der Waals surface area contributed by atoms with Gasteiger partial charge in [0.25, 0.3) is 0 Å². The van der Waals surface area contributed by atoms with Crippen molar-refractivity contribution in [1.82, 2.24) is 5.32 Å². The number of anilines is 1. The van der Waals surface area contributed by atoms with Crippen LogP contribution in [-0.4, -0.2) is 30.4 Å². The van der Waals surface area contributed by atoms with Gasteiger partial charge in [0.2, 0.25) is 5.91 Å². The van der Waals surface area contributed by atoms with Gasteiger partial charge in [-0.2, -0.15) is 0 Å². The van der Waals surface area contributed by atoms with Gasteiger partial charge in [-0.1, -0.05) is 24.8 Å². The summed E-state index contributed by atoms with van der Waals surface area (Å²) in [6.45, 7) is 6.14. The van der Waals surface area contributed by atoms with E-state index in [4.69, 9.17) is 4.74 Å². The van der Waals surface area contributed by atoms with Crippen molar-refractivity contribution in [2.24, 2.45) is 0 Å². The number of hydrogen-bond donors (Lipinski definition) is 2. The topological polar surface area (TPSA) is 67.4 Å². The molecule has 0 spiro atoms. The largest absolute Gasteiger partial charge is 0.497 e. The van der Waals surface area contributed by atoms with Gasteiger partial charge in [0.05, 0.1) is 12.9 Å². The fourth-order valence-electron chi connectivity index (χ4n) is 2.03. The van der Waals surface area contributed by atoms with Crippen LogP contribution in [0.5, 0.6) is 5.75 Å². The Kier molecular flexibility index (Phi) is 9.68. The third-order valence-electron chi connectivity index (χ3n) is 3.30. The lowest BCUT2D eigenvalue weighted by atomic mass is 10.1. The maximum atomic E-state index is 11.4. The maximum absolute atomic E-state index is 11.4. The Labute approximate surface area is 148 Å². The molecule has 0 aliphatic carbocycles. The number of ether oxygens (including phenoxy) is 1. The van der Waals surface area contributed by atoms with Gasteiger partial charge < -0.3 is 15.4 Å². The molecule has 24 heavy (non-hydrogen) atoms. The van der Waals surface area contributed by atoms with E-state index >= 15 is 0 Å². The third-order valence-corrected chi connectivity index (χ3v) is 4.11. The molecule has 0 aliphatic rings. The van der Waals surface area contributed by atoms with Crippen molar-refractivity contribution >= 4 is 28.5 Å². The summed E-state index contributed by atoms with van der Waals surface area (Å²) in [4.78, 5) is 22.2. The highest BCUT2D eigenvalue weighted by molar-refractivity contribution is 8.14. The first-order chi connectivity index (χ1) is 11.5. The first kappa shape index (κ1) is 20.1. The Hall–Kier alpha value is -1.95. The van der Waals surface area contributed by atoms with Crippen LogP contribution in [0.4, 0.5) is 5.69 Å². The lowest BCUT2D eigenvalue weighted by Crippen LogP contribution is -2.26. The van der Waals surface area contributed by atoms with E-state index in [0.29, 0.717) is 6.54 Å². The average Bonchev–Trinajstić information content (AvgIpc) is 2.56. The van der Waals surface area contributed by atoms with Crippen LogP contribution in [0.25, 0.3) is 0 Å². The van der Waals surface area contributed by atoms with Gasteiger partial charge >= 0.3 is 0 Å². The van der Waals surface area contributed by atoms with E-state index < -0.39 is 0 Å². The van der Waals surface area contributed by atoms with Gasteiger partial charge in [0.15, 0.2) is 5.12 Å². The molecule has 1 aromatic carbocycles. The quantitative estimate of drug-likeness (QED) is 0.597. The van der Waals surface area contributed by atoms with Crippen LogP contribution in [0, 0.1) is 0 Å². The summed E-state index contributed by atoms with van der Waals surface area (Å²) in [7, 11) is 1.64. The summed E-state index contributed by atoms with van der Waals surface area (Å²) in [6.07, 6.45) is 3.84. The first-order valence-corrected chi connectivity index (χ1v) is 8.98. The third kappa shape index (κ3) is 9.25. The molecule has 1 amide bonds. The summed E-state index contributed by atoms with van der Waals surface area (Å²) in [5.74, 6) is 0.952. The molecule has 2 N–H and O–H groups in total. The highest BCUT2D eigenvalue weighted by Gasteiger charge is 2.03. The number of benzene rings is 1. The van der Waals surface area contributed by atoms with Gasteiger partial charge in [-0.05, 0) is 43.5 Å². The van der Waals surface area contributed by atoms with Crippen LogP contribution in [-0.2, 0) is 9.59 Å². The molecule has 0 unspecified atom stereocenters. The molecular formula is C18H26N2O3S. The van der Waals surface area contributed by atoms with Gasteiger partial charge in [-0.15, -0.1) is 0 Å². The van der Waals surface area contributed by atoms with E-state index in [1.165, 1.54) is 6.92 Å². The van der Waals surface area contributed by atoms with Crippen molar-refractivity contribution in [1.29, 1.82) is 0 Å². The minimum atomic E-state index is -0.0826. The van der Waals surface area contributed by atoms with Crippen LogP contribution >= 0.6 is 11.8 Å². The van der Waals surface area contributed by atoms with Crippen LogP contribution < -0.4 is 15.4 Å². The number of allylic oxidation sites excluding steroid dienone is 1. The number of hydrogen-bond acceptors (Lipinski definition) is 5. The van der Waals surface area contributed by atoms with Crippen LogP contribution in [0.2, 0.25) is 0 Å². The van der Waals surface area contributed by atoms with Gasteiger partial charge in [0.1, 0.15) is 5.75 Å². The SMILES string of the molecule is C=C(CCCCCNC(=O)CSC(C)=O)Nc1ccc(OC)cc1. The van der Waals surface area contributed by atoms with E-state index in [-0.39, 0.29) is 16.8 Å². The van der Waals surface area contributed by atoms with Gasteiger partial charge in [-0.3, -0.25) is 9.59 Å². The highest BCUT2D eigenvalue weighted by atomic mass is 32.2. The molecule has 0 heterocycles. The fourth-order valence-corrected chi connectivity index (χ4v) is 2.46. The summed E-state index contributed by atoms with van der Waals surface area (Å²) >= 11 is 1.04. The van der Waals surface area contributed by atoms with E-state index in [1.807, 2.05) is 24.3 Å². The number of rotatable bonds is 11. The monoisotopic (exact) mass is 350 g/mol. The molecule has 0 aromatic heterocycles. The standard InChI is InChI=1S/C18H26N2O3S/c1-14(20-16-8-10-17(23-3)11-9-16)7-5-4-6-12-19-18(22)13-24-15(2)21/h8-11,20H,1,4-7,12-13H2,2-3H3,(H,19,22). The zero-order chi connectivity index (χ0) is 17.8. The summed E-state index contributed by atoms with van der Waals surface area (Å²) in [5.41, 5.74) is 1.97. The smallest absolute Gasteiger partial charge is 0.230 e. The predicted octanol–water partition coefficient (Wildman–Crippen LogP) is 3.58. The second-order valence-corrected chi connectivity index (χ2v) is 6.55. The summed E-state index contributed by atoms with van der Waals surface area (Å²) in [5, 5.41) is 6.06.